The number of anilines is 1. The van der Waals surface area contributed by atoms with E-state index < -0.39 is 11.7 Å². The molecule has 2 aromatic heterocycles. The summed E-state index contributed by atoms with van der Waals surface area (Å²) in [5.74, 6) is 0.468. The summed E-state index contributed by atoms with van der Waals surface area (Å²) in [7, 11) is 0. The summed E-state index contributed by atoms with van der Waals surface area (Å²) in [6, 6.07) is 11.0. The van der Waals surface area contributed by atoms with Crippen LogP contribution in [0.3, 0.4) is 0 Å². The van der Waals surface area contributed by atoms with E-state index in [9.17, 15) is 14.0 Å². The molecule has 0 aliphatic carbocycles. The van der Waals surface area contributed by atoms with E-state index >= 15 is 0 Å². The molecule has 5 rings (SSSR count). The Morgan fingerprint density at radius 1 is 1.03 bits per heavy atom. The van der Waals surface area contributed by atoms with Crippen LogP contribution in [0, 0.1) is 17.7 Å². The van der Waals surface area contributed by atoms with E-state index in [2.05, 4.69) is 20.5 Å². The Morgan fingerprint density at radius 3 is 2.70 bits per heavy atom. The topological polar surface area (TPSA) is 93.0 Å². The number of amides is 2. The van der Waals surface area contributed by atoms with Gasteiger partial charge in [0.15, 0.2) is 0 Å². The molecular formula is C21H19FN6O2. The van der Waals surface area contributed by atoms with Gasteiger partial charge in [0, 0.05) is 37.9 Å². The van der Waals surface area contributed by atoms with Crippen LogP contribution in [0.2, 0.25) is 0 Å². The molecule has 0 spiro atoms. The predicted molar refractivity (Wildman–Crippen MR) is 105 cm³/mol. The van der Waals surface area contributed by atoms with Gasteiger partial charge in [-0.15, -0.1) is 10.2 Å². The fraction of sp³-hybridized carbons (Fsp3) is 0.286. The molecule has 2 amide bonds. The number of fused-ring (bicyclic) bond motifs is 2. The first kappa shape index (κ1) is 18.4. The molecule has 30 heavy (non-hydrogen) atoms. The summed E-state index contributed by atoms with van der Waals surface area (Å²) in [6.45, 7) is 1.80. The maximum absolute atomic E-state index is 13.4. The Labute approximate surface area is 171 Å². The van der Waals surface area contributed by atoms with Crippen molar-refractivity contribution in [2.45, 2.75) is 13.0 Å². The number of pyridine rings is 1. The van der Waals surface area contributed by atoms with Crippen LogP contribution in [0.25, 0.3) is 0 Å². The van der Waals surface area contributed by atoms with Crippen LogP contribution in [-0.4, -0.2) is 49.6 Å². The smallest absolute Gasteiger partial charge is 0.293 e. The second-order valence-corrected chi connectivity index (χ2v) is 7.66. The van der Waals surface area contributed by atoms with Crippen LogP contribution in [0.15, 0.2) is 48.7 Å². The molecule has 3 aromatic rings. The van der Waals surface area contributed by atoms with Crippen molar-refractivity contribution in [1.29, 1.82) is 0 Å². The van der Waals surface area contributed by atoms with E-state index in [4.69, 9.17) is 0 Å². The molecule has 8 nitrogen and oxygen atoms in total. The van der Waals surface area contributed by atoms with Gasteiger partial charge in [-0.1, -0.05) is 12.1 Å². The molecule has 0 bridgehead atoms. The van der Waals surface area contributed by atoms with Crippen molar-refractivity contribution in [2.75, 3.05) is 18.4 Å². The molecule has 2 aliphatic rings. The molecule has 4 heterocycles. The Kier molecular flexibility index (Phi) is 4.50. The first-order valence-electron chi connectivity index (χ1n) is 9.78. The van der Waals surface area contributed by atoms with Gasteiger partial charge >= 0.3 is 0 Å². The van der Waals surface area contributed by atoms with E-state index in [0.717, 1.165) is 5.82 Å². The molecule has 2 aliphatic heterocycles. The van der Waals surface area contributed by atoms with Gasteiger partial charge in [0.1, 0.15) is 17.3 Å². The van der Waals surface area contributed by atoms with Crippen molar-refractivity contribution >= 4 is 17.5 Å². The maximum Gasteiger partial charge on any atom is 0.293 e. The zero-order valence-corrected chi connectivity index (χ0v) is 16.0. The van der Waals surface area contributed by atoms with Gasteiger partial charge in [0.2, 0.25) is 5.82 Å². The quantitative estimate of drug-likeness (QED) is 0.718. The summed E-state index contributed by atoms with van der Waals surface area (Å²) < 4.78 is 15.2. The van der Waals surface area contributed by atoms with Crippen LogP contribution in [-0.2, 0) is 13.0 Å². The number of benzene rings is 1. The minimum Gasteiger partial charge on any atom is -0.337 e. The lowest BCUT2D eigenvalue weighted by Crippen LogP contribution is -2.31. The molecule has 1 saturated heterocycles. The SMILES string of the molecule is O=C(Nc1cccc(F)c1)c1nnc2n1C[C@@H]1CN(C(=O)c3ccccn3)C[C@H]1C2. The maximum atomic E-state index is 13.4. The van der Waals surface area contributed by atoms with Crippen molar-refractivity contribution < 1.29 is 14.0 Å². The first-order chi connectivity index (χ1) is 14.6. The monoisotopic (exact) mass is 406 g/mol. The number of aromatic nitrogens is 4. The van der Waals surface area contributed by atoms with E-state index in [0.29, 0.717) is 37.4 Å². The lowest BCUT2D eigenvalue weighted by atomic mass is 9.89. The third-order valence-electron chi connectivity index (χ3n) is 5.72. The molecule has 2 atom stereocenters. The average Bonchev–Trinajstić information content (AvgIpc) is 3.35. The number of carbonyl (C=O) groups is 2. The van der Waals surface area contributed by atoms with E-state index in [1.165, 1.54) is 18.2 Å². The zero-order chi connectivity index (χ0) is 20.7. The summed E-state index contributed by atoms with van der Waals surface area (Å²) in [6.07, 6.45) is 2.26. The molecule has 1 aromatic carbocycles. The van der Waals surface area contributed by atoms with Crippen LogP contribution in [0.1, 0.15) is 26.9 Å². The average molecular weight is 406 g/mol. The first-order valence-corrected chi connectivity index (χ1v) is 9.78. The van der Waals surface area contributed by atoms with Crippen molar-refractivity contribution in [3.05, 3.63) is 71.8 Å². The molecule has 152 valence electrons. The third kappa shape index (κ3) is 3.32. The number of nitrogens with one attached hydrogen (secondary N) is 1. The van der Waals surface area contributed by atoms with Crippen LogP contribution in [0.5, 0.6) is 0 Å². The second-order valence-electron chi connectivity index (χ2n) is 7.66. The van der Waals surface area contributed by atoms with Gasteiger partial charge in [-0.25, -0.2) is 4.39 Å². The van der Waals surface area contributed by atoms with Crippen LogP contribution >= 0.6 is 0 Å². The highest BCUT2D eigenvalue weighted by atomic mass is 19.1. The Hall–Kier alpha value is -3.62. The van der Waals surface area contributed by atoms with E-state index in [-0.39, 0.29) is 23.6 Å². The largest absolute Gasteiger partial charge is 0.337 e. The molecule has 1 N–H and O–H groups in total. The minimum atomic E-state index is -0.433. The van der Waals surface area contributed by atoms with Crippen molar-refractivity contribution in [3.63, 3.8) is 0 Å². The summed E-state index contributed by atoms with van der Waals surface area (Å²) >= 11 is 0. The number of hydrogen-bond donors (Lipinski definition) is 1. The zero-order valence-electron chi connectivity index (χ0n) is 16.0. The number of nitrogens with zero attached hydrogens (tertiary/aromatic N) is 5. The van der Waals surface area contributed by atoms with Crippen molar-refractivity contribution in [2.24, 2.45) is 11.8 Å². The fourth-order valence-corrected chi connectivity index (χ4v) is 4.26. The summed E-state index contributed by atoms with van der Waals surface area (Å²) in [5.41, 5.74) is 0.796. The minimum absolute atomic E-state index is 0.0789. The van der Waals surface area contributed by atoms with Crippen LogP contribution in [0.4, 0.5) is 10.1 Å². The van der Waals surface area contributed by atoms with Crippen molar-refractivity contribution in [1.82, 2.24) is 24.6 Å². The number of hydrogen-bond acceptors (Lipinski definition) is 5. The molecule has 1 fully saturated rings. The molecule has 0 saturated carbocycles. The number of halogens is 1. The van der Waals surface area contributed by atoms with E-state index in [1.807, 2.05) is 9.47 Å². The second kappa shape index (κ2) is 7.33. The molecule has 0 unspecified atom stereocenters. The summed E-state index contributed by atoms with van der Waals surface area (Å²) in [5, 5.41) is 10.9. The van der Waals surface area contributed by atoms with Gasteiger partial charge in [-0.05, 0) is 42.2 Å². The lowest BCUT2D eigenvalue weighted by molar-refractivity contribution is 0.0777. The molecule has 9 heteroatoms. The molecular weight excluding hydrogens is 387 g/mol. The highest BCUT2D eigenvalue weighted by Gasteiger charge is 2.41. The molecule has 0 radical (unpaired) electrons. The third-order valence-corrected chi connectivity index (χ3v) is 5.72. The van der Waals surface area contributed by atoms with Gasteiger partial charge in [0.05, 0.1) is 0 Å². The predicted octanol–water partition coefficient (Wildman–Crippen LogP) is 2.01. The van der Waals surface area contributed by atoms with Gasteiger partial charge in [0.25, 0.3) is 11.8 Å². The highest BCUT2D eigenvalue weighted by molar-refractivity contribution is 6.01. The Bertz CT molecular complexity index is 1120. The number of carbonyl (C=O) groups excluding carboxylic acids is 2. The lowest BCUT2D eigenvalue weighted by Gasteiger charge is -2.25. The highest BCUT2D eigenvalue weighted by Crippen LogP contribution is 2.33. The Morgan fingerprint density at radius 2 is 1.90 bits per heavy atom. The van der Waals surface area contributed by atoms with Crippen LogP contribution < -0.4 is 5.32 Å². The number of rotatable bonds is 3. The standard InChI is InChI=1S/C21H19FN6O2/c22-15-4-3-5-16(9-15)24-20(29)19-26-25-18-8-13-10-27(11-14(13)12-28(18)19)21(30)17-6-1-2-7-23-17/h1-7,9,13-14H,8,10-12H2,(H,24,29)/t13-,14+/m1/s1. The van der Waals surface area contributed by atoms with Gasteiger partial charge in [-0.2, -0.15) is 0 Å². The number of likely N-dealkylation sites (tertiary alicyclic amines) is 1. The summed E-state index contributed by atoms with van der Waals surface area (Å²) in [4.78, 5) is 31.4. The normalized spacial score (nSPS) is 19.8. The fourth-order valence-electron chi connectivity index (χ4n) is 4.26. The van der Waals surface area contributed by atoms with Gasteiger partial charge in [-0.3, -0.25) is 14.6 Å². The van der Waals surface area contributed by atoms with E-state index in [1.54, 1.807) is 30.5 Å². The Balaban J connectivity index is 1.31. The van der Waals surface area contributed by atoms with Crippen molar-refractivity contribution in [3.8, 4) is 0 Å². The van der Waals surface area contributed by atoms with Gasteiger partial charge < -0.3 is 14.8 Å².